The topological polar surface area (TPSA) is 12.9 Å². The number of hydrogen-bond acceptors (Lipinski definition) is 1. The predicted molar refractivity (Wildman–Crippen MR) is 33.9 cm³/mol. The maximum absolute atomic E-state index is 13.2. The number of aromatic nitrogens is 1. The van der Waals surface area contributed by atoms with Gasteiger partial charge in [0.15, 0.2) is 0 Å². The Hall–Kier alpha value is -0.630. The summed E-state index contributed by atoms with van der Waals surface area (Å²) in [5.41, 5.74) is -0.805. The van der Waals surface area contributed by atoms with Crippen molar-refractivity contribution in [2.75, 3.05) is 0 Å². The smallest absolute Gasteiger partial charge is 0.134 e. The van der Waals surface area contributed by atoms with Crippen molar-refractivity contribution in [3.63, 3.8) is 0 Å². The lowest BCUT2D eigenvalue weighted by Crippen LogP contribution is -1.84. The van der Waals surface area contributed by atoms with Gasteiger partial charge in [-0.05, 0) is 12.9 Å². The highest BCUT2D eigenvalue weighted by Gasteiger charge is 1.99. The van der Waals surface area contributed by atoms with Crippen molar-refractivity contribution < 1.29 is 11.2 Å². The number of hydrogen-bond donors (Lipinski definition) is 0. The highest BCUT2D eigenvalue weighted by atomic mass is 35.5. The highest BCUT2D eigenvalue weighted by Crippen LogP contribution is 2.13. The second-order valence-corrected chi connectivity index (χ2v) is 1.69. The molecule has 0 unspecified atom stereocenters. The van der Waals surface area contributed by atoms with Gasteiger partial charge in [0.25, 0.3) is 0 Å². The number of halogens is 2. The van der Waals surface area contributed by atoms with E-state index in [-0.39, 0.29) is 0 Å². The fourth-order valence-electron chi connectivity index (χ4n) is 0.335. The summed E-state index contributed by atoms with van der Waals surface area (Å²) in [6.07, 6.45) is -0.680. The van der Waals surface area contributed by atoms with E-state index in [0.717, 1.165) is 0 Å². The van der Waals surface area contributed by atoms with Crippen LogP contribution in [0.2, 0.25) is 5.15 Å². The van der Waals surface area contributed by atoms with Gasteiger partial charge in [0, 0.05) is 15.8 Å². The quantitative estimate of drug-likeness (QED) is 0.517. The number of pyridine rings is 1. The van der Waals surface area contributed by atoms with Crippen molar-refractivity contribution in [3.8, 4) is 0 Å². The zero-order valence-electron chi connectivity index (χ0n) is 9.20. The molecule has 0 spiro atoms. The lowest BCUT2D eigenvalue weighted by atomic mass is 10.3. The van der Waals surface area contributed by atoms with Crippen LogP contribution in [-0.4, -0.2) is 4.98 Å². The maximum Gasteiger partial charge on any atom is 0.134 e. The molecule has 48 valence electrons. The summed E-state index contributed by atoms with van der Waals surface area (Å²) in [7, 11) is 0. The largest absolute Gasteiger partial charge is 0.244 e. The van der Waals surface area contributed by atoms with E-state index in [2.05, 4.69) is 4.98 Å². The Balaban J connectivity index is 3.53. The summed E-state index contributed by atoms with van der Waals surface area (Å²) in [5, 5.41) is -0.594. The molecule has 0 fully saturated rings. The first kappa shape index (κ1) is 2.54. The molecular formula is C6H5ClFN. The molecule has 0 saturated carbocycles. The predicted octanol–water partition coefficient (Wildman–Crippen LogP) is 2.18. The summed E-state index contributed by atoms with van der Waals surface area (Å²) < 4.78 is 48.1. The molecule has 0 aliphatic carbocycles. The van der Waals surface area contributed by atoms with Crippen molar-refractivity contribution in [2.24, 2.45) is 0 Å². The SMILES string of the molecule is [2H]c1nc(Cl)c(C([2H])([2H])[2H])c(F)c1[2H]. The minimum Gasteiger partial charge on any atom is -0.244 e. The second-order valence-electron chi connectivity index (χ2n) is 1.33. The van der Waals surface area contributed by atoms with Crippen molar-refractivity contribution in [1.29, 1.82) is 0 Å². The van der Waals surface area contributed by atoms with Crippen LogP contribution in [-0.2, 0) is 0 Å². The van der Waals surface area contributed by atoms with E-state index in [1.165, 1.54) is 0 Å². The highest BCUT2D eigenvalue weighted by molar-refractivity contribution is 6.30. The molecule has 0 radical (unpaired) electrons. The van der Waals surface area contributed by atoms with Gasteiger partial charge < -0.3 is 0 Å². The Morgan fingerprint density at radius 2 is 2.78 bits per heavy atom. The standard InChI is InChI=1S/C6H5ClFN/c1-4-5(8)2-3-9-6(4)7/h2-3H,1H3/i1D3,2D,3D. The van der Waals surface area contributed by atoms with Gasteiger partial charge in [-0.25, -0.2) is 9.37 Å². The molecular weight excluding hydrogens is 141 g/mol. The van der Waals surface area contributed by atoms with Crippen molar-refractivity contribution in [2.45, 2.75) is 6.85 Å². The molecule has 1 nitrogen and oxygen atoms in total. The molecule has 1 heterocycles. The Morgan fingerprint density at radius 1 is 2.00 bits per heavy atom. The van der Waals surface area contributed by atoms with E-state index in [1.807, 2.05) is 0 Å². The van der Waals surface area contributed by atoms with Crippen LogP contribution in [0.3, 0.4) is 0 Å². The van der Waals surface area contributed by atoms with Gasteiger partial charge >= 0.3 is 0 Å². The second kappa shape index (κ2) is 2.31. The van der Waals surface area contributed by atoms with E-state index in [1.54, 1.807) is 0 Å². The summed E-state index contributed by atoms with van der Waals surface area (Å²) >= 11 is 5.38. The third kappa shape index (κ3) is 1.19. The van der Waals surface area contributed by atoms with Crippen LogP contribution in [0.5, 0.6) is 0 Å². The fraction of sp³-hybridized carbons (Fsp3) is 0.167. The molecule has 1 rings (SSSR count). The summed E-state index contributed by atoms with van der Waals surface area (Å²) in [4.78, 5) is 3.24. The Bertz CT molecular complexity index is 377. The Kier molecular flexibility index (Phi) is 0.654. The lowest BCUT2D eigenvalue weighted by Gasteiger charge is -1.94. The summed E-state index contributed by atoms with van der Waals surface area (Å²) in [6, 6.07) is -0.861. The van der Waals surface area contributed by atoms with Gasteiger partial charge in [0.2, 0.25) is 0 Å². The third-order valence-corrected chi connectivity index (χ3v) is 1.02. The summed E-state index contributed by atoms with van der Waals surface area (Å²) in [5.74, 6) is -1.31. The number of nitrogens with zero attached hydrogens (tertiary/aromatic N) is 1. The minimum absolute atomic E-state index is 0.594. The number of rotatable bonds is 0. The molecule has 0 N–H and O–H groups in total. The van der Waals surface area contributed by atoms with E-state index in [0.29, 0.717) is 0 Å². The zero-order valence-corrected chi connectivity index (χ0v) is 4.96. The molecule has 1 aromatic rings. The monoisotopic (exact) mass is 150 g/mol. The van der Waals surface area contributed by atoms with Crippen LogP contribution < -0.4 is 0 Å². The van der Waals surface area contributed by atoms with Crippen molar-refractivity contribution >= 4 is 11.6 Å². The van der Waals surface area contributed by atoms with Crippen LogP contribution in [0, 0.1) is 12.7 Å². The van der Waals surface area contributed by atoms with Crippen LogP contribution in [0.15, 0.2) is 12.2 Å². The zero-order chi connectivity index (χ0) is 11.1. The first-order chi connectivity index (χ1) is 6.25. The first-order valence-electron chi connectivity index (χ1n) is 4.58. The molecule has 0 saturated heterocycles. The molecule has 1 aromatic heterocycles. The lowest BCUT2D eigenvalue weighted by molar-refractivity contribution is 0.616. The average Bonchev–Trinajstić information content (AvgIpc) is 1.97. The van der Waals surface area contributed by atoms with Crippen LogP contribution in [0.1, 0.15) is 12.4 Å². The van der Waals surface area contributed by atoms with Gasteiger partial charge in [-0.15, -0.1) is 0 Å². The molecule has 0 aliphatic rings. The van der Waals surface area contributed by atoms with Gasteiger partial charge in [-0.3, -0.25) is 0 Å². The third-order valence-electron chi connectivity index (χ3n) is 0.745. The van der Waals surface area contributed by atoms with Crippen LogP contribution in [0.25, 0.3) is 0 Å². The average molecular weight is 151 g/mol. The normalized spacial score (nSPS) is 19.1. The van der Waals surface area contributed by atoms with Gasteiger partial charge in [0.05, 0.1) is 2.74 Å². The van der Waals surface area contributed by atoms with E-state index >= 15 is 0 Å². The first-order valence-corrected chi connectivity index (χ1v) is 2.45. The Morgan fingerprint density at radius 3 is 3.44 bits per heavy atom. The molecule has 3 heteroatoms. The van der Waals surface area contributed by atoms with Gasteiger partial charge in [0.1, 0.15) is 11.0 Å². The summed E-state index contributed by atoms with van der Waals surface area (Å²) in [6.45, 7) is -2.77. The molecule has 0 aromatic carbocycles. The molecule has 9 heavy (non-hydrogen) atoms. The molecule has 0 bridgehead atoms. The van der Waals surface area contributed by atoms with E-state index < -0.39 is 35.6 Å². The molecule has 0 atom stereocenters. The van der Waals surface area contributed by atoms with E-state index in [4.69, 9.17) is 18.5 Å². The van der Waals surface area contributed by atoms with Gasteiger partial charge in [-0.2, -0.15) is 0 Å². The maximum atomic E-state index is 13.2. The van der Waals surface area contributed by atoms with Crippen LogP contribution >= 0.6 is 11.6 Å². The Labute approximate surface area is 64.5 Å². The van der Waals surface area contributed by atoms with Crippen molar-refractivity contribution in [1.82, 2.24) is 4.98 Å². The molecule has 0 amide bonds. The van der Waals surface area contributed by atoms with Crippen LogP contribution in [0.4, 0.5) is 4.39 Å². The fourth-order valence-corrected chi connectivity index (χ4v) is 0.460. The molecule has 0 aliphatic heterocycles. The van der Waals surface area contributed by atoms with Gasteiger partial charge in [-0.1, -0.05) is 11.6 Å². The minimum atomic E-state index is -2.77. The van der Waals surface area contributed by atoms with E-state index in [9.17, 15) is 4.39 Å². The van der Waals surface area contributed by atoms with Crippen molar-refractivity contribution in [3.05, 3.63) is 28.7 Å².